The van der Waals surface area contributed by atoms with E-state index in [1.54, 1.807) is 29.2 Å². The van der Waals surface area contributed by atoms with Gasteiger partial charge in [0.15, 0.2) is 0 Å². The molecule has 0 spiro atoms. The molecule has 1 saturated heterocycles. The van der Waals surface area contributed by atoms with Gasteiger partial charge in [-0.25, -0.2) is 9.78 Å². The minimum atomic E-state index is -0.398. The molecule has 1 aliphatic heterocycles. The molecule has 0 radical (unpaired) electrons. The van der Waals surface area contributed by atoms with Gasteiger partial charge in [-0.1, -0.05) is 11.6 Å². The van der Waals surface area contributed by atoms with E-state index < -0.39 is 6.03 Å². The number of rotatable bonds is 5. The predicted molar refractivity (Wildman–Crippen MR) is 98.2 cm³/mol. The summed E-state index contributed by atoms with van der Waals surface area (Å²) in [5.41, 5.74) is 0.921. The second kappa shape index (κ2) is 8.18. The lowest BCUT2D eigenvalue weighted by Crippen LogP contribution is -2.38. The zero-order valence-corrected chi connectivity index (χ0v) is 15.2. The van der Waals surface area contributed by atoms with Crippen molar-refractivity contribution in [3.63, 3.8) is 0 Å². The smallest absolute Gasteiger partial charge is 0.319 e. The summed E-state index contributed by atoms with van der Waals surface area (Å²) in [4.78, 5) is 30.4. The van der Waals surface area contributed by atoms with Crippen molar-refractivity contribution in [1.82, 2.24) is 25.0 Å². The van der Waals surface area contributed by atoms with Gasteiger partial charge in [0.1, 0.15) is 12.7 Å². The van der Waals surface area contributed by atoms with Crippen molar-refractivity contribution in [2.24, 2.45) is 0 Å². The van der Waals surface area contributed by atoms with Crippen LogP contribution in [-0.2, 0) is 6.54 Å². The minimum Gasteiger partial charge on any atom is -0.339 e. The van der Waals surface area contributed by atoms with Gasteiger partial charge in [0, 0.05) is 24.7 Å². The normalized spacial score (nSPS) is 14.9. The first-order valence-electron chi connectivity index (χ1n) is 8.51. The second-order valence-electron chi connectivity index (χ2n) is 6.31. The maximum Gasteiger partial charge on any atom is 0.319 e. The Labute approximate surface area is 156 Å². The number of nitrogens with one attached hydrogen (secondary N) is 2. The summed E-state index contributed by atoms with van der Waals surface area (Å²) in [6, 6.07) is 4.36. The molecule has 2 heterocycles. The van der Waals surface area contributed by atoms with E-state index in [-0.39, 0.29) is 11.9 Å². The lowest BCUT2D eigenvalue weighted by Gasteiger charge is -2.17. The summed E-state index contributed by atoms with van der Waals surface area (Å²) >= 11 is 6.17. The predicted octanol–water partition coefficient (Wildman–Crippen LogP) is 2.38. The molecule has 1 aromatic carbocycles. The number of urea groups is 1. The molecular weight excluding hydrogens is 356 g/mol. The fourth-order valence-corrected chi connectivity index (χ4v) is 3.06. The van der Waals surface area contributed by atoms with Gasteiger partial charge in [0.2, 0.25) is 0 Å². The van der Waals surface area contributed by atoms with Crippen LogP contribution in [0, 0.1) is 0 Å². The largest absolute Gasteiger partial charge is 0.339 e. The van der Waals surface area contributed by atoms with Gasteiger partial charge < -0.3 is 15.5 Å². The molecule has 26 heavy (non-hydrogen) atoms. The summed E-state index contributed by atoms with van der Waals surface area (Å²) in [7, 11) is 0. The van der Waals surface area contributed by atoms with E-state index in [0.29, 0.717) is 22.8 Å². The number of hydrogen-bond donors (Lipinski definition) is 2. The number of likely N-dealkylation sites (tertiary alicyclic amines) is 1. The molecule has 0 saturated carbocycles. The van der Waals surface area contributed by atoms with E-state index in [9.17, 15) is 9.59 Å². The van der Waals surface area contributed by atoms with Gasteiger partial charge >= 0.3 is 6.03 Å². The molecule has 1 aliphatic rings. The van der Waals surface area contributed by atoms with Crippen LogP contribution in [0.3, 0.4) is 0 Å². The molecular formula is C17H21ClN6O2. The molecule has 2 aromatic rings. The number of halogens is 1. The summed E-state index contributed by atoms with van der Waals surface area (Å²) in [5.74, 6) is -0.0397. The average molecular weight is 377 g/mol. The molecule has 8 nitrogen and oxygen atoms in total. The third-order valence-electron chi connectivity index (χ3n) is 4.16. The lowest BCUT2D eigenvalue weighted by atomic mass is 10.1. The first-order chi connectivity index (χ1) is 12.5. The maximum atomic E-state index is 12.5. The van der Waals surface area contributed by atoms with Gasteiger partial charge in [-0.05, 0) is 38.0 Å². The van der Waals surface area contributed by atoms with Crippen LogP contribution in [0.5, 0.6) is 0 Å². The van der Waals surface area contributed by atoms with Crippen molar-refractivity contribution in [2.75, 3.05) is 18.4 Å². The molecule has 1 fully saturated rings. The van der Waals surface area contributed by atoms with E-state index in [1.165, 1.54) is 6.33 Å². The zero-order valence-electron chi connectivity index (χ0n) is 14.5. The van der Waals surface area contributed by atoms with Crippen molar-refractivity contribution >= 4 is 29.2 Å². The van der Waals surface area contributed by atoms with Crippen molar-refractivity contribution in [1.29, 1.82) is 0 Å². The highest BCUT2D eigenvalue weighted by atomic mass is 35.5. The molecule has 0 bridgehead atoms. The molecule has 2 N–H and O–H groups in total. The zero-order chi connectivity index (χ0) is 18.5. The number of aromatic nitrogens is 3. The number of carbonyl (C=O) groups excluding carboxylic acids is 2. The SMILES string of the molecule is C[C@H](Cn1cncn1)NC(=O)Nc1cc(C(=O)N2CCCC2)ccc1Cl. The molecule has 3 amide bonds. The van der Waals surface area contributed by atoms with Crippen molar-refractivity contribution in [2.45, 2.75) is 32.4 Å². The molecule has 1 aromatic heterocycles. The molecule has 3 rings (SSSR count). The summed E-state index contributed by atoms with van der Waals surface area (Å²) < 4.78 is 1.63. The topological polar surface area (TPSA) is 92.1 Å². The monoisotopic (exact) mass is 376 g/mol. The second-order valence-corrected chi connectivity index (χ2v) is 6.72. The number of hydrogen-bond acceptors (Lipinski definition) is 4. The standard InChI is InChI=1S/C17H21ClN6O2/c1-12(9-24-11-19-10-20-24)21-17(26)22-15-8-13(4-5-14(15)18)16(25)23-6-2-3-7-23/h4-5,8,10-12H,2-3,6-7,9H2,1H3,(H2,21,22,26)/t12-/m1/s1. The molecule has 138 valence electrons. The number of carbonyl (C=O) groups is 2. The summed E-state index contributed by atoms with van der Waals surface area (Å²) in [6.45, 7) is 3.89. The quantitative estimate of drug-likeness (QED) is 0.837. The summed E-state index contributed by atoms with van der Waals surface area (Å²) in [5, 5.41) is 9.89. The van der Waals surface area contributed by atoms with Gasteiger partial charge in [0.05, 0.1) is 17.3 Å². The Balaban J connectivity index is 1.61. The van der Waals surface area contributed by atoms with E-state index in [1.807, 2.05) is 11.8 Å². The Hall–Kier alpha value is -2.61. The van der Waals surface area contributed by atoms with Crippen LogP contribution in [-0.4, -0.2) is 50.7 Å². The minimum absolute atomic E-state index is 0.0397. The fourth-order valence-electron chi connectivity index (χ4n) is 2.89. The van der Waals surface area contributed by atoms with E-state index >= 15 is 0 Å². The highest BCUT2D eigenvalue weighted by molar-refractivity contribution is 6.33. The highest BCUT2D eigenvalue weighted by Crippen LogP contribution is 2.24. The fraction of sp³-hybridized carbons (Fsp3) is 0.412. The third-order valence-corrected chi connectivity index (χ3v) is 4.49. The Kier molecular flexibility index (Phi) is 5.72. The third kappa shape index (κ3) is 4.51. The van der Waals surface area contributed by atoms with E-state index in [4.69, 9.17) is 11.6 Å². The molecule has 1 atom stereocenters. The molecule has 0 aliphatic carbocycles. The maximum absolute atomic E-state index is 12.5. The number of benzene rings is 1. The van der Waals surface area contributed by atoms with Crippen molar-refractivity contribution in [3.05, 3.63) is 41.4 Å². The number of amides is 3. The van der Waals surface area contributed by atoms with E-state index in [2.05, 4.69) is 20.7 Å². The first kappa shape index (κ1) is 18.2. The van der Waals surface area contributed by atoms with Gasteiger partial charge in [-0.2, -0.15) is 5.10 Å². The van der Waals surface area contributed by atoms with Crippen LogP contribution in [0.2, 0.25) is 5.02 Å². The van der Waals surface area contributed by atoms with Crippen molar-refractivity contribution < 1.29 is 9.59 Å². The highest BCUT2D eigenvalue weighted by Gasteiger charge is 2.20. The number of anilines is 1. The average Bonchev–Trinajstić information content (AvgIpc) is 3.29. The van der Waals surface area contributed by atoms with E-state index in [0.717, 1.165) is 25.9 Å². The Morgan fingerprint density at radius 2 is 2.08 bits per heavy atom. The molecule has 9 heteroatoms. The Bertz CT molecular complexity index is 774. The van der Waals surface area contributed by atoms with Crippen LogP contribution >= 0.6 is 11.6 Å². The summed E-state index contributed by atoms with van der Waals surface area (Å²) in [6.07, 6.45) is 5.07. The lowest BCUT2D eigenvalue weighted by molar-refractivity contribution is 0.0793. The molecule has 0 unspecified atom stereocenters. The Morgan fingerprint density at radius 3 is 2.77 bits per heavy atom. The first-order valence-corrected chi connectivity index (χ1v) is 8.89. The van der Waals surface area contributed by atoms with Crippen LogP contribution in [0.4, 0.5) is 10.5 Å². The number of nitrogens with zero attached hydrogens (tertiary/aromatic N) is 4. The van der Waals surface area contributed by atoms with Crippen LogP contribution in [0.1, 0.15) is 30.1 Å². The van der Waals surface area contributed by atoms with Crippen LogP contribution in [0.15, 0.2) is 30.9 Å². The Morgan fingerprint density at radius 1 is 1.31 bits per heavy atom. The van der Waals surface area contributed by atoms with Crippen molar-refractivity contribution in [3.8, 4) is 0 Å². The van der Waals surface area contributed by atoms with Crippen LogP contribution in [0.25, 0.3) is 0 Å². The van der Waals surface area contributed by atoms with Gasteiger partial charge in [0.25, 0.3) is 5.91 Å². The van der Waals surface area contributed by atoms with Crippen LogP contribution < -0.4 is 10.6 Å². The van der Waals surface area contributed by atoms with Gasteiger partial charge in [-0.3, -0.25) is 9.48 Å². The van der Waals surface area contributed by atoms with Gasteiger partial charge in [-0.15, -0.1) is 0 Å².